The number of anilines is 1. The lowest BCUT2D eigenvalue weighted by molar-refractivity contribution is -0.136. The van der Waals surface area contributed by atoms with Crippen LogP contribution in [0.15, 0.2) is 30.6 Å². The number of benzene rings is 1. The van der Waals surface area contributed by atoms with E-state index >= 15 is 0 Å². The van der Waals surface area contributed by atoms with Gasteiger partial charge in [-0.2, -0.15) is 4.37 Å². The molecule has 1 aliphatic heterocycles. The third-order valence-electron chi connectivity index (χ3n) is 6.20. The van der Waals surface area contributed by atoms with Crippen molar-refractivity contribution < 1.29 is 9.18 Å². The van der Waals surface area contributed by atoms with E-state index in [1.54, 1.807) is 18.5 Å². The number of carbonyl (C=O) groups is 1. The van der Waals surface area contributed by atoms with Gasteiger partial charge in [0.05, 0.1) is 0 Å². The van der Waals surface area contributed by atoms with Gasteiger partial charge in [-0.3, -0.25) is 4.79 Å². The molecule has 2 aromatic heterocycles. The number of fused-ring (bicyclic) bond motifs is 1. The molecule has 1 aliphatic carbocycles. The lowest BCUT2D eigenvalue weighted by atomic mass is 9.88. The summed E-state index contributed by atoms with van der Waals surface area (Å²) < 4.78 is 18.8. The minimum Gasteiger partial charge on any atom is -0.352 e. The van der Waals surface area contributed by atoms with Crippen LogP contribution in [0.2, 0.25) is 0 Å². The molecule has 6 nitrogen and oxygen atoms in total. The third kappa shape index (κ3) is 3.64. The zero-order valence-electron chi connectivity index (χ0n) is 16.8. The van der Waals surface area contributed by atoms with Crippen LogP contribution >= 0.6 is 11.5 Å². The second-order valence-corrected chi connectivity index (χ2v) is 8.83. The van der Waals surface area contributed by atoms with E-state index < -0.39 is 0 Å². The van der Waals surface area contributed by atoms with Gasteiger partial charge < -0.3 is 9.80 Å². The molecular formula is C22H24FN5OS. The summed E-state index contributed by atoms with van der Waals surface area (Å²) in [7, 11) is 0. The van der Waals surface area contributed by atoms with Gasteiger partial charge in [0.1, 0.15) is 28.1 Å². The highest BCUT2D eigenvalue weighted by Crippen LogP contribution is 2.34. The van der Waals surface area contributed by atoms with Crippen molar-refractivity contribution in [1.82, 2.24) is 19.2 Å². The van der Waals surface area contributed by atoms with Crippen LogP contribution < -0.4 is 4.90 Å². The summed E-state index contributed by atoms with van der Waals surface area (Å²) in [6.45, 7) is 2.97. The molecule has 5 rings (SSSR count). The van der Waals surface area contributed by atoms with Crippen molar-refractivity contribution in [2.24, 2.45) is 5.92 Å². The summed E-state index contributed by atoms with van der Waals surface area (Å²) in [5.41, 5.74) is 2.39. The van der Waals surface area contributed by atoms with Gasteiger partial charge in [-0.05, 0) is 48.6 Å². The number of nitrogens with zero attached hydrogens (tertiary/aromatic N) is 5. The molecule has 0 radical (unpaired) electrons. The molecule has 0 unspecified atom stereocenters. The summed E-state index contributed by atoms with van der Waals surface area (Å²) in [6, 6.07) is 6.32. The van der Waals surface area contributed by atoms with Gasteiger partial charge in [-0.25, -0.2) is 14.4 Å². The normalized spacial score (nSPS) is 18.2. The van der Waals surface area contributed by atoms with Gasteiger partial charge in [0.2, 0.25) is 5.91 Å². The first-order valence-electron chi connectivity index (χ1n) is 10.6. The summed E-state index contributed by atoms with van der Waals surface area (Å²) >= 11 is 1.37. The van der Waals surface area contributed by atoms with Crippen LogP contribution in [0.25, 0.3) is 21.5 Å². The van der Waals surface area contributed by atoms with E-state index in [1.807, 2.05) is 4.90 Å². The van der Waals surface area contributed by atoms with Crippen LogP contribution in [0.3, 0.4) is 0 Å². The minimum absolute atomic E-state index is 0.218. The fourth-order valence-corrected chi connectivity index (χ4v) is 5.39. The monoisotopic (exact) mass is 425 g/mol. The van der Waals surface area contributed by atoms with E-state index in [0.29, 0.717) is 5.91 Å². The molecule has 3 aromatic rings. The zero-order chi connectivity index (χ0) is 20.5. The van der Waals surface area contributed by atoms with Crippen molar-refractivity contribution >= 4 is 33.5 Å². The molecule has 3 heterocycles. The number of amides is 1. The summed E-state index contributed by atoms with van der Waals surface area (Å²) in [5.74, 6) is 1.15. The second kappa shape index (κ2) is 8.26. The fraction of sp³-hybridized carbons (Fsp3) is 0.455. The van der Waals surface area contributed by atoms with Crippen molar-refractivity contribution in [1.29, 1.82) is 0 Å². The first-order chi connectivity index (χ1) is 14.7. The molecule has 0 spiro atoms. The molecule has 1 saturated carbocycles. The van der Waals surface area contributed by atoms with Crippen LogP contribution in [0.5, 0.6) is 0 Å². The molecule has 8 heteroatoms. The van der Waals surface area contributed by atoms with Gasteiger partial charge in [0, 0.05) is 37.7 Å². The van der Waals surface area contributed by atoms with Crippen LogP contribution in [-0.4, -0.2) is 51.3 Å². The summed E-state index contributed by atoms with van der Waals surface area (Å²) in [6.07, 6.45) is 7.26. The minimum atomic E-state index is -0.269. The number of hydrogen-bond donors (Lipinski definition) is 0. The smallest absolute Gasteiger partial charge is 0.225 e. The average Bonchev–Trinajstić information content (AvgIpc) is 3.24. The largest absolute Gasteiger partial charge is 0.352 e. The van der Waals surface area contributed by atoms with Crippen molar-refractivity contribution in [3.63, 3.8) is 0 Å². The highest BCUT2D eigenvalue weighted by Gasteiger charge is 2.29. The molecule has 156 valence electrons. The van der Waals surface area contributed by atoms with E-state index in [9.17, 15) is 9.18 Å². The van der Waals surface area contributed by atoms with E-state index in [2.05, 4.69) is 19.2 Å². The topological polar surface area (TPSA) is 62.2 Å². The number of carbonyl (C=O) groups excluding carboxylic acids is 1. The number of piperazine rings is 1. The molecular weight excluding hydrogens is 401 g/mol. The Labute approximate surface area is 178 Å². The molecule has 1 aromatic carbocycles. The molecule has 30 heavy (non-hydrogen) atoms. The van der Waals surface area contributed by atoms with Gasteiger partial charge in [0.25, 0.3) is 0 Å². The highest BCUT2D eigenvalue weighted by atomic mass is 32.1. The first kappa shape index (κ1) is 19.4. The number of halogens is 1. The van der Waals surface area contributed by atoms with Crippen LogP contribution in [0.4, 0.5) is 10.2 Å². The Balaban J connectivity index is 1.33. The predicted molar refractivity (Wildman–Crippen MR) is 116 cm³/mol. The summed E-state index contributed by atoms with van der Waals surface area (Å²) in [4.78, 5) is 26.1. The Kier molecular flexibility index (Phi) is 5.33. The SMILES string of the molecule is O=C(C1CCCCC1)N1CCN(c2ncnc3c(-c4ccc(F)cc4)nsc23)CC1. The molecule has 0 bridgehead atoms. The van der Waals surface area contributed by atoms with E-state index in [4.69, 9.17) is 0 Å². The molecule has 1 amide bonds. The third-order valence-corrected chi connectivity index (χ3v) is 7.03. The maximum Gasteiger partial charge on any atom is 0.225 e. The Morgan fingerprint density at radius 2 is 1.73 bits per heavy atom. The Bertz CT molecular complexity index is 1040. The van der Waals surface area contributed by atoms with Crippen LogP contribution in [0, 0.1) is 11.7 Å². The average molecular weight is 426 g/mol. The van der Waals surface area contributed by atoms with Gasteiger partial charge in [-0.15, -0.1) is 0 Å². The molecule has 1 saturated heterocycles. The second-order valence-electron chi connectivity index (χ2n) is 8.06. The lowest BCUT2D eigenvalue weighted by Crippen LogP contribution is -2.50. The number of aromatic nitrogens is 3. The maximum absolute atomic E-state index is 13.3. The summed E-state index contributed by atoms with van der Waals surface area (Å²) in [5, 5.41) is 0. The molecule has 2 fully saturated rings. The number of hydrogen-bond acceptors (Lipinski definition) is 6. The molecule has 0 atom stereocenters. The van der Waals surface area contributed by atoms with Gasteiger partial charge in [0.15, 0.2) is 5.82 Å². The number of rotatable bonds is 3. The van der Waals surface area contributed by atoms with Gasteiger partial charge in [-0.1, -0.05) is 19.3 Å². The van der Waals surface area contributed by atoms with E-state index in [0.717, 1.165) is 66.3 Å². The van der Waals surface area contributed by atoms with E-state index in [-0.39, 0.29) is 11.7 Å². The Hall–Kier alpha value is -2.61. The van der Waals surface area contributed by atoms with Crippen molar-refractivity contribution in [2.75, 3.05) is 31.1 Å². The predicted octanol–water partition coefficient (Wildman–Crippen LogP) is 4.12. The Morgan fingerprint density at radius 3 is 2.47 bits per heavy atom. The van der Waals surface area contributed by atoms with Crippen molar-refractivity contribution in [2.45, 2.75) is 32.1 Å². The fourth-order valence-electron chi connectivity index (χ4n) is 4.52. The quantitative estimate of drug-likeness (QED) is 0.632. The standard InChI is InChI=1S/C22H24FN5OS/c23-17-8-6-15(7-9-17)18-19-20(30-26-18)21(25-14-24-19)27-10-12-28(13-11-27)22(29)16-4-2-1-3-5-16/h6-9,14,16H,1-5,10-13H2. The lowest BCUT2D eigenvalue weighted by Gasteiger charge is -2.37. The molecule has 2 aliphatic rings. The first-order valence-corrected chi connectivity index (χ1v) is 11.4. The highest BCUT2D eigenvalue weighted by molar-refractivity contribution is 7.14. The van der Waals surface area contributed by atoms with Gasteiger partial charge >= 0.3 is 0 Å². The van der Waals surface area contributed by atoms with Crippen molar-refractivity contribution in [3.8, 4) is 11.3 Å². The maximum atomic E-state index is 13.3. The van der Waals surface area contributed by atoms with Crippen LogP contribution in [0.1, 0.15) is 32.1 Å². The van der Waals surface area contributed by atoms with Crippen molar-refractivity contribution in [3.05, 3.63) is 36.4 Å². The van der Waals surface area contributed by atoms with Crippen LogP contribution in [-0.2, 0) is 4.79 Å². The molecule has 0 N–H and O–H groups in total. The Morgan fingerprint density at radius 1 is 1.00 bits per heavy atom. The zero-order valence-corrected chi connectivity index (χ0v) is 17.6. The van der Waals surface area contributed by atoms with E-state index in [1.165, 1.54) is 42.9 Å².